The molecule has 1 unspecified atom stereocenters. The first-order valence-corrected chi connectivity index (χ1v) is 12.9. The Morgan fingerprint density at radius 1 is 1.11 bits per heavy atom. The molecule has 0 aliphatic heterocycles. The molecule has 2 atom stereocenters. The number of methoxy groups -OCH3 is 2. The maximum absolute atomic E-state index is 13.0. The van der Waals surface area contributed by atoms with Crippen molar-refractivity contribution in [1.29, 1.82) is 0 Å². The maximum atomic E-state index is 13.0. The number of rotatable bonds is 9. The van der Waals surface area contributed by atoms with Crippen LogP contribution < -0.4 is 5.32 Å². The molecule has 10 heteroatoms. The fourth-order valence-corrected chi connectivity index (χ4v) is 5.88. The van der Waals surface area contributed by atoms with E-state index in [1.807, 2.05) is 19.1 Å². The number of carbonyl (C=O) groups excluding carboxylic acids is 2. The molecule has 1 aromatic heterocycles. The summed E-state index contributed by atoms with van der Waals surface area (Å²) < 4.78 is 37.4. The molecule has 1 heterocycles. The summed E-state index contributed by atoms with van der Waals surface area (Å²) in [5.74, 6) is -1.12. The Balaban J connectivity index is 1.80. The summed E-state index contributed by atoms with van der Waals surface area (Å²) in [6.07, 6.45) is -0.0196. The minimum atomic E-state index is -3.98. The molecule has 1 amide bonds. The van der Waals surface area contributed by atoms with Gasteiger partial charge in [-0.25, -0.2) is 8.42 Å². The van der Waals surface area contributed by atoms with Crippen LogP contribution in [0.25, 0.3) is 10.9 Å². The molecule has 188 valence electrons. The van der Waals surface area contributed by atoms with E-state index in [0.29, 0.717) is 16.3 Å². The molecule has 1 N–H and O–H groups in total. The van der Waals surface area contributed by atoms with Crippen molar-refractivity contribution in [3.05, 3.63) is 64.3 Å². The van der Waals surface area contributed by atoms with Crippen molar-refractivity contribution in [2.75, 3.05) is 20.8 Å². The van der Waals surface area contributed by atoms with Crippen molar-refractivity contribution in [3.63, 3.8) is 0 Å². The third-order valence-corrected chi connectivity index (χ3v) is 8.39. The molecule has 0 aliphatic carbocycles. The van der Waals surface area contributed by atoms with Crippen LogP contribution in [0.4, 0.5) is 0 Å². The molecule has 0 saturated carbocycles. The highest BCUT2D eigenvalue weighted by atomic mass is 35.5. The second kappa shape index (κ2) is 10.8. The van der Waals surface area contributed by atoms with Crippen molar-refractivity contribution < 1.29 is 27.5 Å². The van der Waals surface area contributed by atoms with Gasteiger partial charge in [0.15, 0.2) is 15.1 Å². The molecule has 0 fully saturated rings. The second-order valence-corrected chi connectivity index (χ2v) is 10.9. The van der Waals surface area contributed by atoms with Crippen molar-refractivity contribution in [3.8, 4) is 0 Å². The number of ether oxygens (including phenoxy) is 2. The zero-order chi connectivity index (χ0) is 25.9. The minimum absolute atomic E-state index is 0.00928. The van der Waals surface area contributed by atoms with Crippen LogP contribution in [-0.2, 0) is 31.2 Å². The molecular formula is C25H29ClN2O6S. The number of aryl methyl sites for hydroxylation is 2. The Labute approximate surface area is 210 Å². The topological polar surface area (TPSA) is 104 Å². The van der Waals surface area contributed by atoms with Gasteiger partial charge in [-0.3, -0.25) is 9.59 Å². The number of esters is 1. The van der Waals surface area contributed by atoms with Crippen LogP contribution in [0.3, 0.4) is 0 Å². The number of carbonyl (C=O) groups is 2. The monoisotopic (exact) mass is 520 g/mol. The van der Waals surface area contributed by atoms with Crippen LogP contribution in [0.15, 0.2) is 47.4 Å². The van der Waals surface area contributed by atoms with Gasteiger partial charge in [-0.05, 0) is 61.7 Å². The van der Waals surface area contributed by atoms with Gasteiger partial charge < -0.3 is 19.4 Å². The Kier molecular flexibility index (Phi) is 8.25. The highest BCUT2D eigenvalue weighted by Crippen LogP contribution is 2.28. The van der Waals surface area contributed by atoms with Crippen LogP contribution in [0.5, 0.6) is 0 Å². The van der Waals surface area contributed by atoms with E-state index in [4.69, 9.17) is 16.3 Å². The predicted molar refractivity (Wildman–Crippen MR) is 134 cm³/mol. The summed E-state index contributed by atoms with van der Waals surface area (Å²) in [6.45, 7) is 3.84. The summed E-state index contributed by atoms with van der Waals surface area (Å²) in [6, 6.07) is 11.2. The lowest BCUT2D eigenvalue weighted by molar-refractivity contribution is -0.140. The normalized spacial score (nSPS) is 13.4. The van der Waals surface area contributed by atoms with Crippen molar-refractivity contribution >= 4 is 44.2 Å². The number of hydrogen-bond donors (Lipinski definition) is 1. The molecule has 0 saturated heterocycles. The zero-order valence-corrected chi connectivity index (χ0v) is 21.9. The van der Waals surface area contributed by atoms with E-state index in [1.54, 1.807) is 36.7 Å². The molecule has 3 aromatic rings. The van der Waals surface area contributed by atoms with Crippen LogP contribution in [-0.4, -0.2) is 50.9 Å². The van der Waals surface area contributed by atoms with Crippen molar-refractivity contribution in [2.45, 2.75) is 36.5 Å². The largest absolute Gasteiger partial charge is 0.468 e. The number of amides is 1. The summed E-state index contributed by atoms with van der Waals surface area (Å²) >= 11 is 6.35. The third kappa shape index (κ3) is 5.52. The fraction of sp³-hybridized carbons (Fsp3) is 0.360. The van der Waals surface area contributed by atoms with Gasteiger partial charge in [0.05, 0.1) is 28.6 Å². The smallest absolute Gasteiger partial charge is 0.324 e. The zero-order valence-electron chi connectivity index (χ0n) is 20.3. The average Bonchev–Trinajstić information content (AvgIpc) is 3.15. The van der Waals surface area contributed by atoms with Gasteiger partial charge in [-0.1, -0.05) is 23.7 Å². The van der Waals surface area contributed by atoms with Gasteiger partial charge in [0.2, 0.25) is 0 Å². The summed E-state index contributed by atoms with van der Waals surface area (Å²) in [5, 5.41) is 2.95. The Morgan fingerprint density at radius 2 is 1.77 bits per heavy atom. The molecule has 0 spiro atoms. The highest BCUT2D eigenvalue weighted by molar-refractivity contribution is 7.92. The predicted octanol–water partition coefficient (Wildman–Crippen LogP) is 3.98. The number of fused-ring (bicyclic) bond motifs is 1. The van der Waals surface area contributed by atoms with E-state index in [2.05, 4.69) is 10.1 Å². The molecule has 0 aliphatic rings. The Hall–Kier alpha value is -2.88. The molecule has 0 radical (unpaired) electrons. The van der Waals surface area contributed by atoms with Gasteiger partial charge in [0.25, 0.3) is 5.91 Å². The van der Waals surface area contributed by atoms with Crippen molar-refractivity contribution in [1.82, 2.24) is 9.88 Å². The van der Waals surface area contributed by atoms with E-state index in [9.17, 15) is 18.0 Å². The summed E-state index contributed by atoms with van der Waals surface area (Å²) in [7, 11) is 0.404. The van der Waals surface area contributed by atoms with Crippen LogP contribution in [0.1, 0.15) is 41.0 Å². The number of benzene rings is 2. The first kappa shape index (κ1) is 26.7. The highest BCUT2D eigenvalue weighted by Gasteiger charge is 2.34. The van der Waals surface area contributed by atoms with E-state index >= 15 is 0 Å². The molecule has 8 nitrogen and oxygen atoms in total. The fourth-order valence-electron chi connectivity index (χ4n) is 3.96. The Bertz CT molecular complexity index is 1350. The summed E-state index contributed by atoms with van der Waals surface area (Å²) in [5.41, 5.74) is 3.01. The van der Waals surface area contributed by atoms with Gasteiger partial charge in [0.1, 0.15) is 5.69 Å². The van der Waals surface area contributed by atoms with E-state index < -0.39 is 27.1 Å². The standard InChI is InChI=1S/C25H29ClN2O6S/c1-15-12-20(26)19-14-22(28(3)21(19)13-15)24(29)27-16(2)17-6-8-18(9-7-17)35(31,32)23(10-11-33-4)25(30)34-5/h6-9,12-14,16,23H,10-11H2,1-5H3,(H,27,29)/t16-,23?/m1/s1. The number of hydrogen-bond acceptors (Lipinski definition) is 6. The lowest BCUT2D eigenvalue weighted by Gasteiger charge is -2.17. The minimum Gasteiger partial charge on any atom is -0.468 e. The van der Waals surface area contributed by atoms with Gasteiger partial charge in [0, 0.05) is 26.2 Å². The van der Waals surface area contributed by atoms with E-state index in [0.717, 1.165) is 23.6 Å². The van der Waals surface area contributed by atoms with Crippen LogP contribution in [0.2, 0.25) is 5.02 Å². The number of halogens is 1. The Morgan fingerprint density at radius 3 is 2.37 bits per heavy atom. The SMILES string of the molecule is COCCC(C(=O)OC)S(=O)(=O)c1ccc([C@@H](C)NC(=O)c2cc3c(Cl)cc(C)cc3n2C)cc1. The van der Waals surface area contributed by atoms with E-state index in [1.165, 1.54) is 19.2 Å². The number of nitrogens with zero attached hydrogens (tertiary/aromatic N) is 1. The first-order chi connectivity index (χ1) is 16.5. The second-order valence-electron chi connectivity index (χ2n) is 8.37. The maximum Gasteiger partial charge on any atom is 0.324 e. The number of aromatic nitrogens is 1. The number of nitrogens with one attached hydrogen (secondary N) is 1. The molecule has 2 aromatic carbocycles. The van der Waals surface area contributed by atoms with Crippen LogP contribution >= 0.6 is 11.6 Å². The number of sulfone groups is 1. The average molecular weight is 521 g/mol. The quantitative estimate of drug-likeness (QED) is 0.428. The molecule has 0 bridgehead atoms. The van der Waals surface area contributed by atoms with Crippen molar-refractivity contribution in [2.24, 2.45) is 7.05 Å². The molecule has 3 rings (SSSR count). The molecular weight excluding hydrogens is 492 g/mol. The lowest BCUT2D eigenvalue weighted by atomic mass is 10.1. The van der Waals surface area contributed by atoms with E-state index in [-0.39, 0.29) is 23.8 Å². The lowest BCUT2D eigenvalue weighted by Crippen LogP contribution is -2.32. The third-order valence-electron chi connectivity index (χ3n) is 5.97. The van der Waals surface area contributed by atoms with Crippen LogP contribution in [0, 0.1) is 6.92 Å². The van der Waals surface area contributed by atoms with Gasteiger partial charge >= 0.3 is 5.97 Å². The summed E-state index contributed by atoms with van der Waals surface area (Å²) in [4.78, 5) is 25.1. The van der Waals surface area contributed by atoms with Gasteiger partial charge in [-0.15, -0.1) is 0 Å². The van der Waals surface area contributed by atoms with Gasteiger partial charge in [-0.2, -0.15) is 0 Å². The first-order valence-electron chi connectivity index (χ1n) is 11.0. The molecule has 35 heavy (non-hydrogen) atoms.